The van der Waals surface area contributed by atoms with Crippen molar-refractivity contribution < 1.29 is 19.1 Å². The number of ketones is 1. The molecule has 7 atom stereocenters. The summed E-state index contributed by atoms with van der Waals surface area (Å²) in [6, 6.07) is 7.29. The maximum atomic E-state index is 13.7. The van der Waals surface area contributed by atoms with E-state index in [1.165, 1.54) is 11.0 Å². The lowest BCUT2D eigenvalue weighted by atomic mass is 9.44. The molecule has 0 saturated heterocycles. The van der Waals surface area contributed by atoms with Crippen molar-refractivity contribution >= 4 is 28.9 Å². The molecule has 3 aliphatic carbocycles. The zero-order valence-corrected chi connectivity index (χ0v) is 27.4. The van der Waals surface area contributed by atoms with Crippen molar-refractivity contribution in [3.8, 4) is 22.9 Å². The SMILES string of the molecule is C=C[C@@]1(C)C[C@H](C)[C@]23CCC(=O)[C@H]2[C@@](C)(C(C)CC3)[C@H](OC(=O)Cn2cc(-c3cccc(Oc4nc(N)nc5nc[nH]c45)c3)nn2)C1. The van der Waals surface area contributed by atoms with Crippen molar-refractivity contribution in [2.75, 3.05) is 5.73 Å². The number of anilines is 1. The van der Waals surface area contributed by atoms with Gasteiger partial charge >= 0.3 is 5.97 Å². The predicted molar refractivity (Wildman–Crippen MR) is 175 cm³/mol. The van der Waals surface area contributed by atoms with Crippen LogP contribution in [0.1, 0.15) is 66.2 Å². The number of benzene rings is 1. The molecule has 0 amide bonds. The number of rotatable bonds is 7. The van der Waals surface area contributed by atoms with Crippen LogP contribution in [-0.4, -0.2) is 52.8 Å². The first-order chi connectivity index (χ1) is 22.4. The van der Waals surface area contributed by atoms with Crippen LogP contribution in [0.2, 0.25) is 0 Å². The molecule has 7 rings (SSSR count). The number of allylic oxidation sites excluding steroid dienone is 1. The Morgan fingerprint density at radius 3 is 2.83 bits per heavy atom. The van der Waals surface area contributed by atoms with Gasteiger partial charge < -0.3 is 20.2 Å². The van der Waals surface area contributed by atoms with E-state index in [9.17, 15) is 9.59 Å². The van der Waals surface area contributed by atoms with Crippen LogP contribution in [0.15, 0.2) is 49.4 Å². The van der Waals surface area contributed by atoms with E-state index in [-0.39, 0.29) is 41.0 Å². The molecule has 3 fully saturated rings. The van der Waals surface area contributed by atoms with Crippen LogP contribution in [0.5, 0.6) is 11.6 Å². The summed E-state index contributed by atoms with van der Waals surface area (Å²) < 4.78 is 13.9. The molecule has 3 heterocycles. The van der Waals surface area contributed by atoms with Gasteiger partial charge in [-0.2, -0.15) is 9.97 Å². The monoisotopic (exact) mass is 638 g/mol. The summed E-state index contributed by atoms with van der Waals surface area (Å²) in [5.74, 6) is 1.24. The van der Waals surface area contributed by atoms with Crippen LogP contribution in [0.25, 0.3) is 22.4 Å². The van der Waals surface area contributed by atoms with E-state index in [4.69, 9.17) is 15.2 Å². The fraction of sp³-hybridized carbons (Fsp3) is 0.514. The van der Waals surface area contributed by atoms with Gasteiger partial charge in [0.2, 0.25) is 5.95 Å². The highest BCUT2D eigenvalue weighted by molar-refractivity contribution is 5.85. The van der Waals surface area contributed by atoms with Crippen molar-refractivity contribution in [1.29, 1.82) is 0 Å². The number of esters is 1. The van der Waals surface area contributed by atoms with E-state index in [1.807, 2.05) is 18.2 Å². The summed E-state index contributed by atoms with van der Waals surface area (Å²) in [7, 11) is 0. The van der Waals surface area contributed by atoms with E-state index < -0.39 is 17.5 Å². The Bertz CT molecular complexity index is 1870. The molecule has 4 aromatic rings. The number of carbonyl (C=O) groups is 2. The third kappa shape index (κ3) is 5.18. The molecule has 3 saturated carbocycles. The number of ether oxygens (including phenoxy) is 2. The lowest BCUT2D eigenvalue weighted by molar-refractivity contribution is -0.192. The summed E-state index contributed by atoms with van der Waals surface area (Å²) >= 11 is 0. The van der Waals surface area contributed by atoms with E-state index >= 15 is 0 Å². The Kier molecular flexibility index (Phi) is 7.44. The number of hydrogen-bond donors (Lipinski definition) is 2. The third-order valence-corrected chi connectivity index (χ3v) is 11.8. The fourth-order valence-corrected chi connectivity index (χ4v) is 9.09. The largest absolute Gasteiger partial charge is 0.460 e. The van der Waals surface area contributed by atoms with Gasteiger partial charge in [0.15, 0.2) is 5.65 Å². The quantitative estimate of drug-likeness (QED) is 0.183. The van der Waals surface area contributed by atoms with Gasteiger partial charge in [-0.1, -0.05) is 51.1 Å². The summed E-state index contributed by atoms with van der Waals surface area (Å²) in [6.45, 7) is 13.1. The van der Waals surface area contributed by atoms with Crippen molar-refractivity contribution in [3.05, 3.63) is 49.4 Å². The number of Topliss-reactive ketones (excluding diaryl/α,β-unsaturated/α-hetero) is 1. The summed E-state index contributed by atoms with van der Waals surface area (Å²) in [5.41, 5.74) is 7.32. The molecule has 12 heteroatoms. The molecule has 2 bridgehead atoms. The van der Waals surface area contributed by atoms with E-state index in [2.05, 4.69) is 64.5 Å². The molecule has 3 aromatic heterocycles. The minimum absolute atomic E-state index is 0.0507. The number of hydrogen-bond acceptors (Lipinski definition) is 10. The molecule has 47 heavy (non-hydrogen) atoms. The first-order valence-corrected chi connectivity index (χ1v) is 16.4. The Morgan fingerprint density at radius 1 is 1.19 bits per heavy atom. The van der Waals surface area contributed by atoms with Crippen LogP contribution < -0.4 is 10.5 Å². The average molecular weight is 639 g/mol. The number of nitrogens with zero attached hydrogens (tertiary/aromatic N) is 6. The lowest BCUT2D eigenvalue weighted by Crippen LogP contribution is -2.60. The highest BCUT2D eigenvalue weighted by Crippen LogP contribution is 2.68. The Labute approximate surface area is 273 Å². The molecule has 3 N–H and O–H groups in total. The average Bonchev–Trinajstić information content (AvgIpc) is 3.78. The number of nitrogens with one attached hydrogen (secondary N) is 1. The number of imidazole rings is 1. The van der Waals surface area contributed by atoms with Crippen LogP contribution in [-0.2, 0) is 20.9 Å². The second-order valence-electron chi connectivity index (χ2n) is 14.5. The Hall–Kier alpha value is -4.61. The summed E-state index contributed by atoms with van der Waals surface area (Å²) in [5, 5.41) is 8.56. The molecular weight excluding hydrogens is 596 g/mol. The second-order valence-corrected chi connectivity index (χ2v) is 14.5. The third-order valence-electron chi connectivity index (χ3n) is 11.8. The van der Waals surface area contributed by atoms with Crippen LogP contribution in [0, 0.1) is 34.0 Å². The van der Waals surface area contributed by atoms with E-state index in [0.29, 0.717) is 47.2 Å². The van der Waals surface area contributed by atoms with Crippen LogP contribution >= 0.6 is 0 Å². The maximum absolute atomic E-state index is 13.7. The molecule has 0 radical (unpaired) electrons. The van der Waals surface area contributed by atoms with E-state index in [0.717, 1.165) is 31.2 Å². The number of fused-ring (bicyclic) bond motifs is 1. The smallest absolute Gasteiger partial charge is 0.328 e. The summed E-state index contributed by atoms with van der Waals surface area (Å²) in [6.07, 6.45) is 9.96. The molecular formula is C35H42N8O4. The second kappa shape index (κ2) is 11.3. The number of H-pyrrole nitrogens is 1. The molecule has 3 aliphatic rings. The minimum Gasteiger partial charge on any atom is -0.460 e. The van der Waals surface area contributed by atoms with Gasteiger partial charge in [0, 0.05) is 23.3 Å². The Balaban J connectivity index is 1.11. The fourth-order valence-electron chi connectivity index (χ4n) is 9.09. The highest BCUT2D eigenvalue weighted by Gasteiger charge is 2.66. The number of nitrogens with two attached hydrogens (primary N) is 1. The molecule has 246 valence electrons. The van der Waals surface area contributed by atoms with Gasteiger partial charge in [0.05, 0.1) is 12.5 Å². The standard InChI is InChI=1S/C35H42N8O4/c1-6-33(4)15-21(3)35-12-10-20(2)34(5,29(35)25(44)11-13-35)26(16-33)47-27(45)18-43-17-24(41-42-43)22-8-7-9-23(14-22)46-31-28-30(38-19-37-28)39-32(36)40-31/h6-9,14,17,19-21,26,29H,1,10-13,15-16,18H2,2-5H3,(H3,36,37,38,39,40)/t20?,21-,26+,29-,33-,34-,35-/m0/s1. The van der Waals surface area contributed by atoms with Crippen LogP contribution in [0.4, 0.5) is 5.95 Å². The van der Waals surface area contributed by atoms with Crippen molar-refractivity contribution in [2.24, 2.45) is 34.0 Å². The lowest BCUT2D eigenvalue weighted by Gasteiger charge is -2.60. The van der Waals surface area contributed by atoms with Crippen molar-refractivity contribution in [2.45, 2.75) is 78.9 Å². The van der Waals surface area contributed by atoms with Crippen LogP contribution in [0.3, 0.4) is 0 Å². The summed E-state index contributed by atoms with van der Waals surface area (Å²) in [4.78, 5) is 42.7. The Morgan fingerprint density at radius 2 is 2.02 bits per heavy atom. The highest BCUT2D eigenvalue weighted by atomic mass is 16.5. The minimum atomic E-state index is -0.468. The maximum Gasteiger partial charge on any atom is 0.328 e. The molecule has 1 unspecified atom stereocenters. The zero-order valence-electron chi connectivity index (χ0n) is 27.4. The van der Waals surface area contributed by atoms with Gasteiger partial charge in [-0.15, -0.1) is 11.7 Å². The van der Waals surface area contributed by atoms with Gasteiger partial charge in [0.25, 0.3) is 5.88 Å². The van der Waals surface area contributed by atoms with Crippen molar-refractivity contribution in [3.63, 3.8) is 0 Å². The normalized spacial score (nSPS) is 32.0. The van der Waals surface area contributed by atoms with Gasteiger partial charge in [-0.3, -0.25) is 9.59 Å². The number of aromatic nitrogens is 7. The number of nitrogen functional groups attached to an aromatic ring is 1. The van der Waals surface area contributed by atoms with Gasteiger partial charge in [-0.05, 0) is 66.9 Å². The molecule has 1 aromatic carbocycles. The molecule has 12 nitrogen and oxygen atoms in total. The van der Waals surface area contributed by atoms with Crippen molar-refractivity contribution in [1.82, 2.24) is 34.9 Å². The predicted octanol–water partition coefficient (Wildman–Crippen LogP) is 5.92. The first-order valence-electron chi connectivity index (χ1n) is 16.4. The topological polar surface area (TPSA) is 164 Å². The number of carbonyl (C=O) groups excluding carboxylic acids is 2. The zero-order chi connectivity index (χ0) is 33.1. The van der Waals surface area contributed by atoms with E-state index in [1.54, 1.807) is 18.3 Å². The first kappa shape index (κ1) is 31.0. The molecule has 0 spiro atoms. The van der Waals surface area contributed by atoms with Gasteiger partial charge in [0.1, 0.15) is 35.4 Å². The number of aromatic amines is 1. The van der Waals surface area contributed by atoms with Gasteiger partial charge in [-0.25, -0.2) is 9.67 Å². The molecule has 0 aliphatic heterocycles.